The average molecular weight is 482 g/mol. The highest BCUT2D eigenvalue weighted by Crippen LogP contribution is 2.40. The number of sulfonamides is 1. The number of hydrogen-bond acceptors (Lipinski definition) is 5. The van der Waals surface area contributed by atoms with Gasteiger partial charge >= 0.3 is 0 Å². The van der Waals surface area contributed by atoms with Crippen LogP contribution in [-0.2, 0) is 16.6 Å². The third-order valence-corrected chi connectivity index (χ3v) is 5.57. The minimum atomic E-state index is -3.76. The number of primary sulfonamides is 1. The van der Waals surface area contributed by atoms with Gasteiger partial charge in [0.25, 0.3) is 0 Å². The van der Waals surface area contributed by atoms with E-state index < -0.39 is 10.0 Å². The molecule has 0 unspecified atom stereocenters. The summed E-state index contributed by atoms with van der Waals surface area (Å²) < 4.78 is 25.1. The minimum Gasteiger partial charge on any atom is -0.493 e. The maximum absolute atomic E-state index is 11.3. The van der Waals surface area contributed by atoms with E-state index in [9.17, 15) is 13.5 Å². The third kappa shape index (κ3) is 4.22. The first-order chi connectivity index (χ1) is 13.2. The molecular formula is C17H16BrN5O3S2. The first-order valence-corrected chi connectivity index (χ1v) is 10.8. The topological polar surface area (TPSA) is 122 Å². The van der Waals surface area contributed by atoms with Gasteiger partial charge in [-0.25, -0.2) is 13.6 Å². The Kier molecular flexibility index (Phi) is 5.79. The van der Waals surface area contributed by atoms with Crippen LogP contribution in [0.3, 0.4) is 0 Å². The first kappa shape index (κ1) is 20.4. The van der Waals surface area contributed by atoms with Crippen molar-refractivity contribution in [3.63, 3.8) is 0 Å². The second-order valence-electron chi connectivity index (χ2n) is 5.78. The number of thiocarbonyl (C=S) groups is 1. The molecule has 146 valence electrons. The van der Waals surface area contributed by atoms with Crippen LogP contribution in [0.5, 0.6) is 5.88 Å². The number of rotatable bonds is 4. The molecule has 11 heteroatoms. The van der Waals surface area contributed by atoms with Gasteiger partial charge in [-0.15, -0.1) is 10.2 Å². The zero-order valence-corrected chi connectivity index (χ0v) is 17.8. The molecular weight excluding hydrogens is 466 g/mol. The molecule has 1 heterocycles. The summed E-state index contributed by atoms with van der Waals surface area (Å²) in [5.74, 6) is -0.000319. The van der Waals surface area contributed by atoms with Crippen molar-refractivity contribution in [2.45, 2.75) is 18.4 Å². The second kappa shape index (κ2) is 7.95. The smallest absolute Gasteiger partial charge is 0.238 e. The average Bonchev–Trinajstić information content (AvgIpc) is 2.89. The quantitative estimate of drug-likeness (QED) is 0.379. The summed E-state index contributed by atoms with van der Waals surface area (Å²) >= 11 is 8.57. The lowest BCUT2D eigenvalue weighted by Gasteiger charge is -2.04. The fourth-order valence-electron chi connectivity index (χ4n) is 2.69. The lowest BCUT2D eigenvalue weighted by atomic mass is 10.2. The van der Waals surface area contributed by atoms with Crippen LogP contribution in [-0.4, -0.2) is 23.2 Å². The van der Waals surface area contributed by atoms with E-state index in [1.165, 1.54) is 24.3 Å². The zero-order chi connectivity index (χ0) is 20.5. The zero-order valence-electron chi connectivity index (χ0n) is 14.6. The van der Waals surface area contributed by atoms with Crippen LogP contribution in [0.15, 0.2) is 62.1 Å². The normalized spacial score (nSPS) is 12.0. The van der Waals surface area contributed by atoms with E-state index in [1.54, 1.807) is 4.57 Å². The van der Waals surface area contributed by atoms with Crippen LogP contribution in [0.25, 0.3) is 10.9 Å². The van der Waals surface area contributed by atoms with E-state index in [4.69, 9.17) is 17.4 Å². The number of aromatic nitrogens is 1. The van der Waals surface area contributed by atoms with Gasteiger partial charge in [0.05, 0.1) is 10.4 Å². The molecule has 4 N–H and O–H groups in total. The summed E-state index contributed by atoms with van der Waals surface area (Å²) in [7, 11) is -3.76. The lowest BCUT2D eigenvalue weighted by molar-refractivity contribution is 0.427. The van der Waals surface area contributed by atoms with Gasteiger partial charge < -0.3 is 15.0 Å². The molecule has 0 bridgehead atoms. The predicted molar refractivity (Wildman–Crippen MR) is 116 cm³/mol. The molecule has 0 radical (unpaired) electrons. The minimum absolute atomic E-state index is 0.000319. The Morgan fingerprint density at radius 1 is 1.29 bits per heavy atom. The number of fused-ring (bicyclic) bond motifs is 1. The van der Waals surface area contributed by atoms with Crippen LogP contribution in [0, 0.1) is 0 Å². The summed E-state index contributed by atoms with van der Waals surface area (Å²) in [6.45, 7) is 2.48. The molecule has 3 aromatic rings. The Balaban J connectivity index is 1.85. The van der Waals surface area contributed by atoms with E-state index in [2.05, 4.69) is 31.5 Å². The number of hydrogen-bond donors (Lipinski definition) is 3. The van der Waals surface area contributed by atoms with Crippen molar-refractivity contribution < 1.29 is 13.5 Å². The highest BCUT2D eigenvalue weighted by atomic mass is 79.9. The van der Waals surface area contributed by atoms with Gasteiger partial charge in [-0.3, -0.25) is 0 Å². The predicted octanol–water partition coefficient (Wildman–Crippen LogP) is 4.26. The molecule has 28 heavy (non-hydrogen) atoms. The van der Waals surface area contributed by atoms with E-state index in [-0.39, 0.29) is 15.9 Å². The number of anilines is 1. The van der Waals surface area contributed by atoms with Gasteiger partial charge in [0.15, 0.2) is 5.69 Å². The number of nitrogens with one attached hydrogen (secondary N) is 1. The summed E-state index contributed by atoms with van der Waals surface area (Å²) in [5, 5.41) is 27.2. The molecule has 0 aliphatic heterocycles. The molecule has 0 aliphatic rings. The maximum atomic E-state index is 11.3. The number of halogens is 1. The van der Waals surface area contributed by atoms with Crippen LogP contribution in [0.1, 0.15) is 6.92 Å². The number of nitrogens with two attached hydrogens (primary N) is 1. The monoisotopic (exact) mass is 481 g/mol. The van der Waals surface area contributed by atoms with Gasteiger partial charge in [0, 0.05) is 22.1 Å². The number of aryl methyl sites for hydroxylation is 1. The van der Waals surface area contributed by atoms with Gasteiger partial charge in [-0.1, -0.05) is 15.9 Å². The molecule has 0 amide bonds. The molecule has 0 saturated heterocycles. The Morgan fingerprint density at radius 2 is 1.96 bits per heavy atom. The van der Waals surface area contributed by atoms with E-state index in [1.807, 2.05) is 25.1 Å². The van der Waals surface area contributed by atoms with Crippen molar-refractivity contribution in [1.29, 1.82) is 0 Å². The summed E-state index contributed by atoms with van der Waals surface area (Å²) in [5.41, 5.74) is 1.67. The van der Waals surface area contributed by atoms with Crippen molar-refractivity contribution in [2.24, 2.45) is 15.4 Å². The molecule has 1 aromatic heterocycles. The molecule has 0 spiro atoms. The fourth-order valence-corrected chi connectivity index (χ4v) is 3.72. The van der Waals surface area contributed by atoms with Gasteiger partial charge in [0.2, 0.25) is 21.0 Å². The molecule has 2 aromatic carbocycles. The summed E-state index contributed by atoms with van der Waals surface area (Å²) in [6.07, 6.45) is 0. The maximum Gasteiger partial charge on any atom is 0.238 e. The highest BCUT2D eigenvalue weighted by Gasteiger charge is 2.16. The Labute approximate surface area is 175 Å². The van der Waals surface area contributed by atoms with Gasteiger partial charge in [-0.2, -0.15) is 0 Å². The molecule has 0 saturated carbocycles. The van der Waals surface area contributed by atoms with Crippen LogP contribution in [0.4, 0.5) is 11.4 Å². The third-order valence-electron chi connectivity index (χ3n) is 3.96. The van der Waals surface area contributed by atoms with Gasteiger partial charge in [0.1, 0.15) is 0 Å². The molecule has 0 atom stereocenters. The fraction of sp³-hybridized carbons (Fsp3) is 0.118. The number of benzene rings is 2. The van der Waals surface area contributed by atoms with Crippen molar-refractivity contribution in [1.82, 2.24) is 4.57 Å². The Morgan fingerprint density at radius 3 is 2.57 bits per heavy atom. The van der Waals surface area contributed by atoms with Crippen LogP contribution < -0.4 is 10.5 Å². The molecule has 3 rings (SSSR count). The molecule has 0 aliphatic carbocycles. The van der Waals surface area contributed by atoms with E-state index in [0.717, 1.165) is 15.4 Å². The van der Waals surface area contributed by atoms with E-state index in [0.29, 0.717) is 17.9 Å². The number of azo groups is 1. The van der Waals surface area contributed by atoms with Crippen LogP contribution in [0.2, 0.25) is 0 Å². The first-order valence-electron chi connectivity index (χ1n) is 8.07. The number of nitrogens with zero attached hydrogens (tertiary/aromatic N) is 3. The molecule has 0 fully saturated rings. The summed E-state index contributed by atoms with van der Waals surface area (Å²) in [4.78, 5) is -0.00605. The Hall–Kier alpha value is -2.34. The van der Waals surface area contributed by atoms with Crippen LogP contribution >= 0.6 is 28.1 Å². The Bertz CT molecular complexity index is 1190. The largest absolute Gasteiger partial charge is 0.493 e. The second-order valence-corrected chi connectivity index (χ2v) is 8.64. The lowest BCUT2D eigenvalue weighted by Crippen LogP contribution is -2.12. The summed E-state index contributed by atoms with van der Waals surface area (Å²) in [6, 6.07) is 11.3. The van der Waals surface area contributed by atoms with Crippen molar-refractivity contribution in [3.8, 4) is 5.88 Å². The number of aromatic hydroxyl groups is 1. The highest BCUT2D eigenvalue weighted by molar-refractivity contribution is 9.10. The van der Waals surface area contributed by atoms with E-state index >= 15 is 0 Å². The molecule has 8 nitrogen and oxygen atoms in total. The SMILES string of the molecule is CCn1c(O)c(N=NC(=S)Nc2ccc(S(N)(=O)=O)cc2)c2cc(Br)ccc21. The standard InChI is InChI=1S/C17H16BrN5O3S2/c1-2-23-14-8-3-10(18)9-13(14)15(16(23)24)21-22-17(27)20-11-4-6-12(7-5-11)28(19,25)26/h3-9,24H,2H2,1H3,(H,20,27)(H2,19,25,26). The van der Waals surface area contributed by atoms with Crippen molar-refractivity contribution in [3.05, 3.63) is 46.9 Å². The van der Waals surface area contributed by atoms with Gasteiger partial charge in [-0.05, 0) is 61.6 Å². The van der Waals surface area contributed by atoms with Crippen molar-refractivity contribution in [2.75, 3.05) is 5.32 Å². The van der Waals surface area contributed by atoms with Crippen molar-refractivity contribution >= 4 is 65.6 Å².